The number of amides is 1. The van der Waals surface area contributed by atoms with Crippen molar-refractivity contribution in [1.29, 1.82) is 0 Å². The van der Waals surface area contributed by atoms with Gasteiger partial charge in [-0.15, -0.1) is 0 Å². The maximum Gasteiger partial charge on any atom is 0.244 e. The molecule has 2 saturated heterocycles. The zero-order chi connectivity index (χ0) is 9.47. The molecular formula is C9H17N3O. The van der Waals surface area contributed by atoms with Crippen molar-refractivity contribution in [2.24, 2.45) is 0 Å². The van der Waals surface area contributed by atoms with Crippen LogP contribution in [0.15, 0.2) is 0 Å². The smallest absolute Gasteiger partial charge is 0.244 e. The number of carbonyl (C=O) groups excluding carboxylic acids is 1. The fraction of sp³-hybridized carbons (Fsp3) is 0.889. The first-order valence-corrected chi connectivity index (χ1v) is 4.83. The van der Waals surface area contributed by atoms with Gasteiger partial charge in [-0.1, -0.05) is 0 Å². The van der Waals surface area contributed by atoms with Crippen LogP contribution >= 0.6 is 0 Å². The highest BCUT2D eigenvalue weighted by molar-refractivity contribution is 5.88. The molecule has 1 amide bonds. The van der Waals surface area contributed by atoms with Crippen molar-refractivity contribution < 1.29 is 4.79 Å². The molecule has 0 aromatic heterocycles. The van der Waals surface area contributed by atoms with Gasteiger partial charge in [0.05, 0.1) is 0 Å². The molecule has 2 rings (SSSR count). The quantitative estimate of drug-likeness (QED) is 0.530. The van der Waals surface area contributed by atoms with E-state index in [4.69, 9.17) is 0 Å². The van der Waals surface area contributed by atoms with Crippen LogP contribution in [0, 0.1) is 0 Å². The Balaban J connectivity index is 2.15. The lowest BCUT2D eigenvalue weighted by Gasteiger charge is -2.37. The fourth-order valence-electron chi connectivity index (χ4n) is 2.32. The number of likely N-dealkylation sites (N-methyl/N-ethyl adjacent to an activating group) is 2. The van der Waals surface area contributed by atoms with Crippen molar-refractivity contribution in [3.05, 3.63) is 0 Å². The van der Waals surface area contributed by atoms with E-state index in [9.17, 15) is 4.79 Å². The van der Waals surface area contributed by atoms with Crippen molar-refractivity contribution in [3.63, 3.8) is 0 Å². The van der Waals surface area contributed by atoms with E-state index in [1.165, 1.54) is 0 Å². The molecule has 1 unspecified atom stereocenters. The number of carbonyl (C=O) groups is 1. The van der Waals surface area contributed by atoms with E-state index in [2.05, 4.69) is 17.3 Å². The Morgan fingerprint density at radius 2 is 2.15 bits per heavy atom. The second-order valence-corrected chi connectivity index (χ2v) is 4.22. The van der Waals surface area contributed by atoms with Crippen LogP contribution < -0.4 is 5.32 Å². The van der Waals surface area contributed by atoms with Gasteiger partial charge in [0.1, 0.15) is 5.54 Å². The molecule has 1 N–H and O–H groups in total. The van der Waals surface area contributed by atoms with Crippen molar-refractivity contribution in [2.45, 2.75) is 12.0 Å². The minimum atomic E-state index is -0.262. The van der Waals surface area contributed by atoms with Gasteiger partial charge >= 0.3 is 0 Å². The topological polar surface area (TPSA) is 35.6 Å². The molecule has 0 aliphatic carbocycles. The van der Waals surface area contributed by atoms with E-state index in [1.807, 2.05) is 11.9 Å². The molecule has 0 aromatic rings. The van der Waals surface area contributed by atoms with E-state index < -0.39 is 0 Å². The van der Waals surface area contributed by atoms with Crippen LogP contribution in [0.2, 0.25) is 0 Å². The van der Waals surface area contributed by atoms with E-state index in [0.717, 1.165) is 32.6 Å². The van der Waals surface area contributed by atoms with Crippen LogP contribution in [0.4, 0.5) is 0 Å². The Labute approximate surface area is 78.9 Å². The highest BCUT2D eigenvalue weighted by Gasteiger charge is 2.46. The molecular weight excluding hydrogens is 166 g/mol. The Morgan fingerprint density at radius 1 is 1.38 bits per heavy atom. The normalized spacial score (nSPS) is 36.2. The Hall–Kier alpha value is -0.610. The van der Waals surface area contributed by atoms with Crippen LogP contribution in [0.5, 0.6) is 0 Å². The zero-order valence-corrected chi connectivity index (χ0v) is 8.34. The number of hydrogen-bond donors (Lipinski definition) is 1. The summed E-state index contributed by atoms with van der Waals surface area (Å²) in [6, 6.07) is 0. The monoisotopic (exact) mass is 183 g/mol. The molecule has 74 valence electrons. The summed E-state index contributed by atoms with van der Waals surface area (Å²) in [7, 11) is 3.96. The summed E-state index contributed by atoms with van der Waals surface area (Å²) in [5.74, 6) is 0.263. The molecule has 0 saturated carbocycles. The molecule has 2 aliphatic rings. The van der Waals surface area contributed by atoms with Crippen LogP contribution in [0.25, 0.3) is 0 Å². The molecule has 0 radical (unpaired) electrons. The van der Waals surface area contributed by atoms with Crippen LogP contribution in [0.3, 0.4) is 0 Å². The van der Waals surface area contributed by atoms with Crippen LogP contribution in [-0.4, -0.2) is 61.5 Å². The first-order chi connectivity index (χ1) is 6.14. The SMILES string of the molecule is CN1CCNC2(CCN(C)C2=O)C1. The molecule has 2 heterocycles. The minimum absolute atomic E-state index is 0.262. The van der Waals surface area contributed by atoms with Crippen LogP contribution in [-0.2, 0) is 4.79 Å². The zero-order valence-electron chi connectivity index (χ0n) is 8.34. The molecule has 4 heteroatoms. The van der Waals surface area contributed by atoms with Gasteiger partial charge in [0.2, 0.25) is 5.91 Å². The molecule has 4 nitrogen and oxygen atoms in total. The number of piperazine rings is 1. The first-order valence-electron chi connectivity index (χ1n) is 4.83. The van der Waals surface area contributed by atoms with Gasteiger partial charge in [-0.05, 0) is 13.5 Å². The molecule has 1 spiro atoms. The summed E-state index contributed by atoms with van der Waals surface area (Å²) in [6.45, 7) is 3.71. The van der Waals surface area contributed by atoms with Gasteiger partial charge in [-0.25, -0.2) is 0 Å². The van der Waals surface area contributed by atoms with Gasteiger partial charge in [0.15, 0.2) is 0 Å². The molecule has 0 aromatic carbocycles. The number of rotatable bonds is 0. The summed E-state index contributed by atoms with van der Waals surface area (Å²) < 4.78 is 0. The highest BCUT2D eigenvalue weighted by Crippen LogP contribution is 2.24. The van der Waals surface area contributed by atoms with E-state index in [-0.39, 0.29) is 11.4 Å². The maximum absolute atomic E-state index is 11.9. The summed E-state index contributed by atoms with van der Waals surface area (Å²) in [5, 5.41) is 3.37. The molecule has 2 fully saturated rings. The van der Waals surface area contributed by atoms with Crippen molar-refractivity contribution in [1.82, 2.24) is 15.1 Å². The predicted octanol–water partition coefficient (Wildman–Crippen LogP) is -0.878. The Bertz CT molecular complexity index is 227. The minimum Gasteiger partial charge on any atom is -0.344 e. The average molecular weight is 183 g/mol. The summed E-state index contributed by atoms with van der Waals surface area (Å²) >= 11 is 0. The number of nitrogens with one attached hydrogen (secondary N) is 1. The number of likely N-dealkylation sites (tertiary alicyclic amines) is 1. The Morgan fingerprint density at radius 3 is 2.69 bits per heavy atom. The lowest BCUT2D eigenvalue weighted by molar-refractivity contribution is -0.133. The average Bonchev–Trinajstić information content (AvgIpc) is 2.35. The number of hydrogen-bond acceptors (Lipinski definition) is 3. The number of nitrogens with zero attached hydrogens (tertiary/aromatic N) is 2. The standard InChI is InChI=1S/C9H17N3O/c1-11-6-4-10-9(7-11)3-5-12(2)8(9)13/h10H,3-7H2,1-2H3. The molecule has 0 bridgehead atoms. The van der Waals surface area contributed by atoms with E-state index in [0.29, 0.717) is 0 Å². The van der Waals surface area contributed by atoms with Crippen molar-refractivity contribution in [2.75, 3.05) is 40.3 Å². The fourth-order valence-corrected chi connectivity index (χ4v) is 2.32. The lowest BCUT2D eigenvalue weighted by Crippen LogP contribution is -2.63. The van der Waals surface area contributed by atoms with Gasteiger partial charge in [-0.3, -0.25) is 4.79 Å². The summed E-state index contributed by atoms with van der Waals surface area (Å²) in [4.78, 5) is 15.9. The third-order valence-electron chi connectivity index (χ3n) is 3.13. The van der Waals surface area contributed by atoms with Gasteiger partial charge in [-0.2, -0.15) is 0 Å². The molecule has 2 aliphatic heterocycles. The maximum atomic E-state index is 11.9. The summed E-state index contributed by atoms with van der Waals surface area (Å²) in [5.41, 5.74) is -0.262. The third kappa shape index (κ3) is 1.34. The van der Waals surface area contributed by atoms with Gasteiger partial charge in [0.25, 0.3) is 0 Å². The van der Waals surface area contributed by atoms with Gasteiger partial charge < -0.3 is 15.1 Å². The second-order valence-electron chi connectivity index (χ2n) is 4.22. The van der Waals surface area contributed by atoms with Crippen LogP contribution in [0.1, 0.15) is 6.42 Å². The summed E-state index contributed by atoms with van der Waals surface area (Å²) in [6.07, 6.45) is 0.951. The highest BCUT2D eigenvalue weighted by atomic mass is 16.2. The van der Waals surface area contributed by atoms with E-state index >= 15 is 0 Å². The second kappa shape index (κ2) is 2.96. The molecule has 13 heavy (non-hydrogen) atoms. The lowest BCUT2D eigenvalue weighted by atomic mass is 9.95. The first kappa shape index (κ1) is 8.97. The largest absolute Gasteiger partial charge is 0.344 e. The Kier molecular flexibility index (Phi) is 2.04. The van der Waals surface area contributed by atoms with Crippen molar-refractivity contribution in [3.8, 4) is 0 Å². The van der Waals surface area contributed by atoms with Crippen molar-refractivity contribution >= 4 is 5.91 Å². The third-order valence-corrected chi connectivity index (χ3v) is 3.13. The van der Waals surface area contributed by atoms with E-state index in [1.54, 1.807) is 0 Å². The predicted molar refractivity (Wildman–Crippen MR) is 50.5 cm³/mol. The van der Waals surface area contributed by atoms with Gasteiger partial charge in [0, 0.05) is 33.2 Å². The molecule has 1 atom stereocenters.